The summed E-state index contributed by atoms with van der Waals surface area (Å²) in [6.45, 7) is 13.3. The largest absolute Gasteiger partial charge is 0.472 e. The summed E-state index contributed by atoms with van der Waals surface area (Å²) < 4.78 is 20.1. The fourth-order valence-corrected chi connectivity index (χ4v) is 6.07. The van der Waals surface area contributed by atoms with Crippen molar-refractivity contribution in [2.45, 2.75) is 58.6 Å². The monoisotopic (exact) mass is 506 g/mol. The molecule has 194 valence electrons. The molecule has 0 radical (unpaired) electrons. The Bertz CT molecular complexity index is 875. The second-order valence-electron chi connectivity index (χ2n) is 10.8. The lowest BCUT2D eigenvalue weighted by Gasteiger charge is -2.35. The molecule has 0 saturated carbocycles. The number of rotatable bonds is 8. The summed E-state index contributed by atoms with van der Waals surface area (Å²) in [5.41, 5.74) is 0.239. The molecular weight excluding hydrogens is 467 g/mol. The molecule has 0 spiro atoms. The van der Waals surface area contributed by atoms with Crippen molar-refractivity contribution in [1.82, 2.24) is 15.1 Å². The Labute approximate surface area is 214 Å². The van der Waals surface area contributed by atoms with E-state index in [1.807, 2.05) is 6.92 Å². The van der Waals surface area contributed by atoms with E-state index in [2.05, 4.69) is 34.0 Å². The highest BCUT2D eigenvalue weighted by molar-refractivity contribution is 6.33. The molecule has 6 nitrogen and oxygen atoms in total. The SMILES string of the molecule is CC1OC(c2c(F)cccc2Cl)=NC1CN1CCC(C(=O)NCCCN2C[C@H](C)C[C@H](C)C2)CC1. The number of likely N-dealkylation sites (tertiary alicyclic amines) is 2. The molecule has 3 heterocycles. The van der Waals surface area contributed by atoms with E-state index < -0.39 is 5.82 Å². The molecular formula is C27H40ClFN4O2. The number of aliphatic imine (C=N–C) groups is 1. The maximum atomic E-state index is 14.3. The van der Waals surface area contributed by atoms with Crippen LogP contribution in [0.3, 0.4) is 0 Å². The zero-order valence-corrected chi connectivity index (χ0v) is 22.1. The highest BCUT2D eigenvalue weighted by atomic mass is 35.5. The molecule has 8 heteroatoms. The second kappa shape index (κ2) is 12.0. The molecule has 2 saturated heterocycles. The van der Waals surface area contributed by atoms with Crippen molar-refractivity contribution >= 4 is 23.4 Å². The molecule has 4 atom stereocenters. The van der Waals surface area contributed by atoms with Gasteiger partial charge < -0.3 is 19.9 Å². The number of nitrogens with zero attached hydrogens (tertiary/aromatic N) is 3. The van der Waals surface area contributed by atoms with E-state index in [9.17, 15) is 9.18 Å². The fourth-order valence-electron chi connectivity index (χ4n) is 5.83. The minimum Gasteiger partial charge on any atom is -0.472 e. The molecule has 0 aliphatic carbocycles. The average molecular weight is 507 g/mol. The third kappa shape index (κ3) is 6.95. The third-order valence-electron chi connectivity index (χ3n) is 7.60. The molecule has 3 aliphatic heterocycles. The molecule has 4 rings (SSSR count). The molecule has 3 aliphatic rings. The van der Waals surface area contributed by atoms with Crippen LogP contribution in [0.5, 0.6) is 0 Å². The topological polar surface area (TPSA) is 57.2 Å². The van der Waals surface area contributed by atoms with Crippen molar-refractivity contribution in [2.75, 3.05) is 45.8 Å². The van der Waals surface area contributed by atoms with Crippen LogP contribution in [0.2, 0.25) is 5.02 Å². The number of carbonyl (C=O) groups excluding carboxylic acids is 1. The summed E-state index contributed by atoms with van der Waals surface area (Å²) in [6.07, 6.45) is 3.89. The first-order valence-corrected chi connectivity index (χ1v) is 13.6. The number of hydrogen-bond donors (Lipinski definition) is 1. The van der Waals surface area contributed by atoms with Gasteiger partial charge in [0.1, 0.15) is 18.0 Å². The number of carbonyl (C=O) groups is 1. The minimum absolute atomic E-state index is 0.0775. The maximum Gasteiger partial charge on any atom is 0.223 e. The van der Waals surface area contributed by atoms with Gasteiger partial charge in [-0.25, -0.2) is 9.38 Å². The fraction of sp³-hybridized carbons (Fsp3) is 0.704. The average Bonchev–Trinajstić information content (AvgIpc) is 3.16. The van der Waals surface area contributed by atoms with Crippen LogP contribution in [-0.4, -0.2) is 79.6 Å². The zero-order chi connectivity index (χ0) is 24.9. The number of ether oxygens (including phenoxy) is 1. The number of nitrogens with one attached hydrogen (secondary N) is 1. The molecule has 0 bridgehead atoms. The summed E-state index contributed by atoms with van der Waals surface area (Å²) in [6, 6.07) is 4.52. The lowest BCUT2D eigenvalue weighted by Crippen LogP contribution is -2.44. The summed E-state index contributed by atoms with van der Waals surface area (Å²) in [5.74, 6) is 1.68. The first kappa shape index (κ1) is 26.4. The molecule has 35 heavy (non-hydrogen) atoms. The summed E-state index contributed by atoms with van der Waals surface area (Å²) in [4.78, 5) is 22.2. The van der Waals surface area contributed by atoms with Crippen LogP contribution in [0, 0.1) is 23.6 Å². The number of hydrogen-bond acceptors (Lipinski definition) is 5. The van der Waals surface area contributed by atoms with Gasteiger partial charge in [0.15, 0.2) is 0 Å². The van der Waals surface area contributed by atoms with Crippen LogP contribution in [0.25, 0.3) is 0 Å². The van der Waals surface area contributed by atoms with Gasteiger partial charge in [0.2, 0.25) is 11.8 Å². The van der Waals surface area contributed by atoms with E-state index in [-0.39, 0.29) is 35.4 Å². The van der Waals surface area contributed by atoms with Crippen molar-refractivity contribution in [2.24, 2.45) is 22.7 Å². The van der Waals surface area contributed by atoms with Crippen LogP contribution in [0.15, 0.2) is 23.2 Å². The van der Waals surface area contributed by atoms with Crippen molar-refractivity contribution in [1.29, 1.82) is 0 Å². The first-order valence-electron chi connectivity index (χ1n) is 13.2. The molecule has 1 aromatic rings. The van der Waals surface area contributed by atoms with E-state index >= 15 is 0 Å². The van der Waals surface area contributed by atoms with Crippen molar-refractivity contribution in [3.63, 3.8) is 0 Å². The first-order chi connectivity index (χ1) is 16.8. The van der Waals surface area contributed by atoms with Crippen LogP contribution in [0.4, 0.5) is 4.39 Å². The highest BCUT2D eigenvalue weighted by Gasteiger charge is 2.33. The van der Waals surface area contributed by atoms with Gasteiger partial charge >= 0.3 is 0 Å². The number of benzene rings is 1. The predicted molar refractivity (Wildman–Crippen MR) is 138 cm³/mol. The number of piperidine rings is 2. The van der Waals surface area contributed by atoms with E-state index in [4.69, 9.17) is 16.3 Å². The second-order valence-corrected chi connectivity index (χ2v) is 11.3. The maximum absolute atomic E-state index is 14.3. The summed E-state index contributed by atoms with van der Waals surface area (Å²) in [7, 11) is 0. The van der Waals surface area contributed by atoms with Gasteiger partial charge in [-0.2, -0.15) is 0 Å². The molecule has 1 aromatic carbocycles. The third-order valence-corrected chi connectivity index (χ3v) is 7.91. The van der Waals surface area contributed by atoms with E-state index in [1.165, 1.54) is 25.6 Å². The Kier molecular flexibility index (Phi) is 9.06. The lowest BCUT2D eigenvalue weighted by atomic mass is 9.92. The van der Waals surface area contributed by atoms with Crippen molar-refractivity contribution in [3.05, 3.63) is 34.6 Å². The Balaban J connectivity index is 1.18. The molecule has 1 amide bonds. The Morgan fingerprint density at radius 2 is 1.89 bits per heavy atom. The Morgan fingerprint density at radius 1 is 1.17 bits per heavy atom. The quantitative estimate of drug-likeness (QED) is 0.537. The zero-order valence-electron chi connectivity index (χ0n) is 21.3. The Morgan fingerprint density at radius 3 is 2.57 bits per heavy atom. The van der Waals surface area contributed by atoms with Crippen LogP contribution < -0.4 is 5.32 Å². The summed E-state index contributed by atoms with van der Waals surface area (Å²) in [5, 5.41) is 3.48. The van der Waals surface area contributed by atoms with E-state index in [0.29, 0.717) is 5.02 Å². The van der Waals surface area contributed by atoms with Gasteiger partial charge in [0.25, 0.3) is 0 Å². The van der Waals surface area contributed by atoms with Crippen molar-refractivity contribution in [3.8, 4) is 0 Å². The number of halogens is 2. The van der Waals surface area contributed by atoms with Gasteiger partial charge in [0, 0.05) is 32.1 Å². The van der Waals surface area contributed by atoms with Gasteiger partial charge in [-0.3, -0.25) is 4.79 Å². The van der Waals surface area contributed by atoms with Gasteiger partial charge in [-0.05, 0) is 76.2 Å². The lowest BCUT2D eigenvalue weighted by molar-refractivity contribution is -0.126. The van der Waals surface area contributed by atoms with Gasteiger partial charge in [0.05, 0.1) is 10.6 Å². The molecule has 0 aromatic heterocycles. The molecule has 1 N–H and O–H groups in total. The normalized spacial score (nSPS) is 28.5. The smallest absolute Gasteiger partial charge is 0.223 e. The van der Waals surface area contributed by atoms with Gasteiger partial charge in [-0.15, -0.1) is 0 Å². The standard InChI is InChI=1S/C27H40ClFN4O2/c1-18-14-19(2)16-33(15-18)11-5-10-30-26(34)21-8-12-32(13-9-21)17-24-20(3)35-27(31-24)25-22(28)6-4-7-23(25)29/h4,6-7,18-21,24H,5,8-17H2,1-3H3,(H,30,34)/t18-,19+,20?,24?. The number of amides is 1. The van der Waals surface area contributed by atoms with Crippen LogP contribution in [0.1, 0.15) is 52.0 Å². The predicted octanol–water partition coefficient (Wildman–Crippen LogP) is 4.21. The van der Waals surface area contributed by atoms with E-state index in [0.717, 1.165) is 63.8 Å². The molecule has 2 unspecified atom stereocenters. The minimum atomic E-state index is -0.420. The van der Waals surface area contributed by atoms with Crippen molar-refractivity contribution < 1.29 is 13.9 Å². The van der Waals surface area contributed by atoms with Crippen LogP contribution in [-0.2, 0) is 9.53 Å². The highest BCUT2D eigenvalue weighted by Crippen LogP contribution is 2.27. The Hall–Kier alpha value is -1.70. The molecule has 2 fully saturated rings. The van der Waals surface area contributed by atoms with Crippen LogP contribution >= 0.6 is 11.6 Å². The summed E-state index contributed by atoms with van der Waals surface area (Å²) >= 11 is 6.19. The van der Waals surface area contributed by atoms with E-state index in [1.54, 1.807) is 12.1 Å². The van der Waals surface area contributed by atoms with Gasteiger partial charge in [-0.1, -0.05) is 31.5 Å².